The summed E-state index contributed by atoms with van der Waals surface area (Å²) in [5, 5.41) is 11.5. The molecule has 3 atom stereocenters. The summed E-state index contributed by atoms with van der Waals surface area (Å²) >= 11 is 0. The van der Waals surface area contributed by atoms with Gasteiger partial charge in [-0.3, -0.25) is 4.79 Å². The summed E-state index contributed by atoms with van der Waals surface area (Å²) in [4.78, 5) is 11.5. The van der Waals surface area contributed by atoms with Gasteiger partial charge in [-0.1, -0.05) is 0 Å². The van der Waals surface area contributed by atoms with Crippen LogP contribution in [0, 0.1) is 17.8 Å². The highest BCUT2D eigenvalue weighted by Crippen LogP contribution is 2.50. The number of fused-ring (bicyclic) bond motifs is 1. The summed E-state index contributed by atoms with van der Waals surface area (Å²) in [5.41, 5.74) is 0. The third-order valence-corrected chi connectivity index (χ3v) is 2.92. The molecule has 2 rings (SSSR count). The maximum absolute atomic E-state index is 11.5. The molecule has 2 aliphatic rings. The Hall–Kier alpha value is -0.610. The molecular formula is C9H15NO3. The highest BCUT2D eigenvalue weighted by Gasteiger charge is 2.57. The molecular weight excluding hydrogens is 170 g/mol. The van der Waals surface area contributed by atoms with E-state index < -0.39 is 0 Å². The molecule has 0 aromatic carbocycles. The van der Waals surface area contributed by atoms with Gasteiger partial charge in [0.15, 0.2) is 0 Å². The Morgan fingerprint density at radius 2 is 2.23 bits per heavy atom. The van der Waals surface area contributed by atoms with Crippen LogP contribution in [0.15, 0.2) is 0 Å². The van der Waals surface area contributed by atoms with E-state index in [0.29, 0.717) is 11.8 Å². The summed E-state index contributed by atoms with van der Waals surface area (Å²) < 4.78 is 5.19. The summed E-state index contributed by atoms with van der Waals surface area (Å²) in [6.45, 7) is 3.27. The van der Waals surface area contributed by atoms with Gasteiger partial charge in [0.2, 0.25) is 5.91 Å². The number of carbonyl (C=O) groups is 1. The zero-order chi connectivity index (χ0) is 9.42. The Morgan fingerprint density at radius 3 is 2.77 bits per heavy atom. The lowest BCUT2D eigenvalue weighted by atomic mass is 10.2. The second kappa shape index (κ2) is 3.27. The van der Waals surface area contributed by atoms with E-state index in [1.54, 1.807) is 6.92 Å². The minimum Gasteiger partial charge on any atom is -0.394 e. The standard InChI is InChI=1S/C9H15NO3/c1-5(2-11)10-9(12)8-6-3-13-4-7(6)8/h5-8,11H,2-4H2,1H3,(H,10,12)/t5-,6?,7?,8?/m1/s1. The summed E-state index contributed by atoms with van der Waals surface area (Å²) in [5.74, 6) is 1.14. The van der Waals surface area contributed by atoms with Gasteiger partial charge in [0, 0.05) is 12.0 Å². The number of hydrogen-bond acceptors (Lipinski definition) is 3. The van der Waals surface area contributed by atoms with Crippen LogP contribution in [0.4, 0.5) is 0 Å². The first kappa shape index (κ1) is 8.97. The van der Waals surface area contributed by atoms with Gasteiger partial charge in [0.25, 0.3) is 0 Å². The zero-order valence-corrected chi connectivity index (χ0v) is 7.69. The van der Waals surface area contributed by atoms with Gasteiger partial charge in [-0.25, -0.2) is 0 Å². The average Bonchev–Trinajstić information content (AvgIpc) is 2.61. The van der Waals surface area contributed by atoms with Crippen molar-refractivity contribution in [2.45, 2.75) is 13.0 Å². The normalized spacial score (nSPS) is 38.2. The fourth-order valence-electron chi connectivity index (χ4n) is 2.01. The smallest absolute Gasteiger partial charge is 0.224 e. The van der Waals surface area contributed by atoms with Crippen molar-refractivity contribution in [3.63, 3.8) is 0 Å². The Kier molecular flexibility index (Phi) is 2.26. The van der Waals surface area contributed by atoms with Crippen molar-refractivity contribution >= 4 is 5.91 Å². The number of aliphatic hydroxyl groups excluding tert-OH is 1. The van der Waals surface area contributed by atoms with E-state index in [-0.39, 0.29) is 24.5 Å². The van der Waals surface area contributed by atoms with E-state index >= 15 is 0 Å². The zero-order valence-electron chi connectivity index (χ0n) is 7.69. The van der Waals surface area contributed by atoms with Gasteiger partial charge in [-0.15, -0.1) is 0 Å². The minimum absolute atomic E-state index is 0.00426. The molecule has 0 aromatic heterocycles. The monoisotopic (exact) mass is 185 g/mol. The SMILES string of the molecule is C[C@H](CO)NC(=O)C1C2COCC21. The Bertz CT molecular complexity index is 209. The molecule has 1 amide bonds. The first-order chi connectivity index (χ1) is 6.24. The highest BCUT2D eigenvalue weighted by atomic mass is 16.5. The van der Waals surface area contributed by atoms with Crippen molar-refractivity contribution in [1.29, 1.82) is 0 Å². The van der Waals surface area contributed by atoms with Crippen molar-refractivity contribution in [3.8, 4) is 0 Å². The summed E-state index contributed by atoms with van der Waals surface area (Å²) in [6, 6.07) is -0.130. The molecule has 4 nitrogen and oxygen atoms in total. The molecule has 1 saturated heterocycles. The van der Waals surface area contributed by atoms with Crippen LogP contribution in [0.25, 0.3) is 0 Å². The van der Waals surface area contributed by atoms with Crippen LogP contribution < -0.4 is 5.32 Å². The molecule has 2 unspecified atom stereocenters. The molecule has 0 spiro atoms. The number of ether oxygens (including phenoxy) is 1. The lowest BCUT2D eigenvalue weighted by Crippen LogP contribution is -2.37. The largest absolute Gasteiger partial charge is 0.394 e. The summed E-state index contributed by atoms with van der Waals surface area (Å²) in [7, 11) is 0. The molecule has 1 aliphatic carbocycles. The molecule has 1 aliphatic heterocycles. The topological polar surface area (TPSA) is 58.6 Å². The summed E-state index contributed by atoms with van der Waals surface area (Å²) in [6.07, 6.45) is 0. The van der Waals surface area contributed by atoms with Crippen LogP contribution in [0.5, 0.6) is 0 Å². The lowest BCUT2D eigenvalue weighted by Gasteiger charge is -2.11. The number of amides is 1. The molecule has 1 saturated carbocycles. The number of hydrogen-bond donors (Lipinski definition) is 2. The quantitative estimate of drug-likeness (QED) is 0.616. The predicted molar refractivity (Wildman–Crippen MR) is 46.0 cm³/mol. The van der Waals surface area contributed by atoms with Crippen molar-refractivity contribution in [3.05, 3.63) is 0 Å². The minimum atomic E-state index is -0.130. The van der Waals surface area contributed by atoms with Gasteiger partial charge in [0.05, 0.1) is 19.8 Å². The van der Waals surface area contributed by atoms with Gasteiger partial charge in [-0.2, -0.15) is 0 Å². The fourth-order valence-corrected chi connectivity index (χ4v) is 2.01. The van der Waals surface area contributed by atoms with Crippen LogP contribution in [0.2, 0.25) is 0 Å². The highest BCUT2D eigenvalue weighted by molar-refractivity contribution is 5.82. The van der Waals surface area contributed by atoms with Crippen molar-refractivity contribution in [2.24, 2.45) is 17.8 Å². The number of rotatable bonds is 3. The van der Waals surface area contributed by atoms with E-state index in [1.165, 1.54) is 0 Å². The predicted octanol–water partition coefficient (Wildman–Crippen LogP) is -0.624. The van der Waals surface area contributed by atoms with Crippen molar-refractivity contribution in [2.75, 3.05) is 19.8 Å². The molecule has 13 heavy (non-hydrogen) atoms. The third-order valence-electron chi connectivity index (χ3n) is 2.92. The molecule has 74 valence electrons. The number of aliphatic hydroxyl groups is 1. The molecule has 2 fully saturated rings. The Morgan fingerprint density at radius 1 is 1.62 bits per heavy atom. The van der Waals surface area contributed by atoms with Crippen molar-refractivity contribution in [1.82, 2.24) is 5.32 Å². The van der Waals surface area contributed by atoms with Gasteiger partial charge in [0.1, 0.15) is 0 Å². The van der Waals surface area contributed by atoms with Gasteiger partial charge >= 0.3 is 0 Å². The Labute approximate surface area is 77.3 Å². The third kappa shape index (κ3) is 1.56. The molecule has 0 radical (unpaired) electrons. The first-order valence-corrected chi connectivity index (χ1v) is 4.73. The maximum Gasteiger partial charge on any atom is 0.224 e. The number of carbonyl (C=O) groups excluding carboxylic acids is 1. The fraction of sp³-hybridized carbons (Fsp3) is 0.889. The molecule has 1 heterocycles. The average molecular weight is 185 g/mol. The van der Waals surface area contributed by atoms with Crippen LogP contribution in [-0.4, -0.2) is 36.9 Å². The van der Waals surface area contributed by atoms with Crippen LogP contribution >= 0.6 is 0 Å². The molecule has 2 N–H and O–H groups in total. The van der Waals surface area contributed by atoms with Crippen LogP contribution in [-0.2, 0) is 9.53 Å². The van der Waals surface area contributed by atoms with Crippen molar-refractivity contribution < 1.29 is 14.6 Å². The van der Waals surface area contributed by atoms with Crippen LogP contribution in [0.1, 0.15) is 6.92 Å². The second-order valence-corrected chi connectivity index (χ2v) is 3.98. The Balaban J connectivity index is 1.80. The maximum atomic E-state index is 11.5. The van der Waals surface area contributed by atoms with E-state index in [4.69, 9.17) is 9.84 Å². The van der Waals surface area contributed by atoms with E-state index in [9.17, 15) is 4.79 Å². The second-order valence-electron chi connectivity index (χ2n) is 3.98. The molecule has 0 bridgehead atoms. The molecule has 0 aromatic rings. The lowest BCUT2D eigenvalue weighted by molar-refractivity contribution is -0.124. The van der Waals surface area contributed by atoms with Gasteiger partial charge in [-0.05, 0) is 18.8 Å². The van der Waals surface area contributed by atoms with E-state index in [1.807, 2.05) is 0 Å². The van der Waals surface area contributed by atoms with E-state index in [0.717, 1.165) is 13.2 Å². The van der Waals surface area contributed by atoms with E-state index in [2.05, 4.69) is 5.32 Å². The molecule has 4 heteroatoms. The van der Waals surface area contributed by atoms with Crippen LogP contribution in [0.3, 0.4) is 0 Å². The first-order valence-electron chi connectivity index (χ1n) is 4.73. The number of nitrogens with one attached hydrogen (secondary N) is 1. The van der Waals surface area contributed by atoms with Gasteiger partial charge < -0.3 is 15.2 Å².